The SMILES string of the molecule is CC/C=C\C/C=C\C/C=C\C/C=C\C/C=C\CCCCCC(=O)OC(COC(=O)CCCCCCCCC/C=C\C/C=C\CCCCCC)COC1OC(COC2OC(CO)C(O)C(O)C2O)C(O)C(O)C1O. The van der Waals surface area contributed by atoms with E-state index >= 15 is 0 Å². The first-order valence-corrected chi connectivity index (χ1v) is 27.7. The normalized spacial score (nSPS) is 25.5. The lowest BCUT2D eigenvalue weighted by Gasteiger charge is -2.42. The first-order valence-electron chi connectivity index (χ1n) is 27.7. The Morgan fingerprint density at radius 3 is 1.37 bits per heavy atom. The van der Waals surface area contributed by atoms with Gasteiger partial charge in [-0.15, -0.1) is 0 Å². The fourth-order valence-electron chi connectivity index (χ4n) is 8.10. The fraction of sp³-hybridized carbons (Fsp3) is 0.724. The number of carbonyl (C=O) groups is 2. The molecule has 2 aliphatic heterocycles. The molecule has 2 rings (SSSR count). The van der Waals surface area contributed by atoms with Crippen LogP contribution in [0.1, 0.15) is 174 Å². The van der Waals surface area contributed by atoms with Gasteiger partial charge in [-0.2, -0.15) is 0 Å². The van der Waals surface area contributed by atoms with E-state index in [1.807, 2.05) is 0 Å². The number of aliphatic hydroxyl groups is 7. The maximum Gasteiger partial charge on any atom is 0.306 e. The standard InChI is InChI=1S/C58H96O15/c1-3-5-7-9-11-13-15-17-19-21-23-25-27-29-31-33-35-37-39-41-50(61)71-46(43-68-49(60)40-38-36-34-32-30-28-26-24-22-20-18-16-14-12-10-8-6-4-2)44-69-57-56(67)54(65)52(63)48(73-57)45-70-58-55(66)53(64)51(62)47(42-59)72-58/h5,7,11,13-14,16-17,19-20,22-23,25,29,31,46-48,51-59,62-67H,3-4,6,8-10,12,15,18,21,24,26-28,30,32-45H2,1-2H3/b7-5-,13-11-,16-14-,19-17-,22-20-,25-23-,31-29-. The van der Waals surface area contributed by atoms with Crippen LogP contribution in [-0.2, 0) is 38.0 Å². The summed E-state index contributed by atoms with van der Waals surface area (Å²) in [5, 5.41) is 72.2. The van der Waals surface area contributed by atoms with Crippen LogP contribution >= 0.6 is 0 Å². The lowest BCUT2D eigenvalue weighted by atomic mass is 9.98. The molecule has 73 heavy (non-hydrogen) atoms. The van der Waals surface area contributed by atoms with Crippen molar-refractivity contribution >= 4 is 11.9 Å². The molecule has 0 amide bonds. The van der Waals surface area contributed by atoms with Gasteiger partial charge in [0, 0.05) is 12.8 Å². The van der Waals surface area contributed by atoms with Crippen LogP contribution in [0.25, 0.3) is 0 Å². The summed E-state index contributed by atoms with van der Waals surface area (Å²) in [6.07, 6.45) is 37.4. The zero-order chi connectivity index (χ0) is 53.2. The zero-order valence-electron chi connectivity index (χ0n) is 44.3. The van der Waals surface area contributed by atoms with Crippen molar-refractivity contribution in [3.8, 4) is 0 Å². The van der Waals surface area contributed by atoms with Crippen molar-refractivity contribution < 1.29 is 73.8 Å². The zero-order valence-corrected chi connectivity index (χ0v) is 44.3. The molecule has 7 N–H and O–H groups in total. The summed E-state index contributed by atoms with van der Waals surface area (Å²) in [5.41, 5.74) is 0. The molecule has 2 saturated heterocycles. The fourth-order valence-corrected chi connectivity index (χ4v) is 8.10. The number of hydrogen-bond donors (Lipinski definition) is 7. The molecular weight excluding hydrogens is 937 g/mol. The van der Waals surface area contributed by atoms with Crippen molar-refractivity contribution in [1.29, 1.82) is 0 Å². The predicted molar refractivity (Wildman–Crippen MR) is 284 cm³/mol. The van der Waals surface area contributed by atoms with Gasteiger partial charge >= 0.3 is 11.9 Å². The van der Waals surface area contributed by atoms with Crippen molar-refractivity contribution in [3.63, 3.8) is 0 Å². The highest BCUT2D eigenvalue weighted by molar-refractivity contribution is 5.70. The third-order valence-corrected chi connectivity index (χ3v) is 12.6. The van der Waals surface area contributed by atoms with Crippen LogP contribution in [0.5, 0.6) is 0 Å². The third-order valence-electron chi connectivity index (χ3n) is 12.6. The van der Waals surface area contributed by atoms with Crippen molar-refractivity contribution in [3.05, 3.63) is 85.1 Å². The molecule has 15 nitrogen and oxygen atoms in total. The second-order valence-corrected chi connectivity index (χ2v) is 19.0. The van der Waals surface area contributed by atoms with E-state index in [9.17, 15) is 45.3 Å². The lowest BCUT2D eigenvalue weighted by Crippen LogP contribution is -2.61. The van der Waals surface area contributed by atoms with Crippen LogP contribution in [0.2, 0.25) is 0 Å². The smallest absolute Gasteiger partial charge is 0.306 e. The molecule has 2 aliphatic rings. The van der Waals surface area contributed by atoms with E-state index in [0.29, 0.717) is 12.8 Å². The third kappa shape index (κ3) is 31.4. The molecule has 0 aromatic carbocycles. The van der Waals surface area contributed by atoms with Crippen LogP contribution in [-0.4, -0.2) is 142 Å². The molecule has 0 saturated carbocycles. The minimum absolute atomic E-state index is 0.120. The number of unbranched alkanes of at least 4 members (excludes halogenated alkanes) is 14. The van der Waals surface area contributed by atoms with Gasteiger partial charge in [-0.1, -0.05) is 157 Å². The first-order chi connectivity index (χ1) is 35.5. The van der Waals surface area contributed by atoms with Crippen molar-refractivity contribution in [1.82, 2.24) is 0 Å². The molecule has 418 valence electrons. The topological polar surface area (TPSA) is 231 Å². The first kappa shape index (κ1) is 65.8. The molecule has 0 aliphatic carbocycles. The Morgan fingerprint density at radius 2 is 0.863 bits per heavy atom. The highest BCUT2D eigenvalue weighted by Gasteiger charge is 2.47. The summed E-state index contributed by atoms with van der Waals surface area (Å²) >= 11 is 0. The minimum Gasteiger partial charge on any atom is -0.462 e. The Bertz CT molecular complexity index is 1590. The number of hydrogen-bond acceptors (Lipinski definition) is 15. The molecule has 11 atom stereocenters. The lowest BCUT2D eigenvalue weighted by molar-refractivity contribution is -0.332. The van der Waals surface area contributed by atoms with Crippen LogP contribution < -0.4 is 0 Å². The van der Waals surface area contributed by atoms with Gasteiger partial charge in [0.1, 0.15) is 55.4 Å². The van der Waals surface area contributed by atoms with Crippen LogP contribution in [0.3, 0.4) is 0 Å². The quantitative estimate of drug-likeness (QED) is 0.0172. The van der Waals surface area contributed by atoms with Gasteiger partial charge in [0.05, 0.1) is 19.8 Å². The highest BCUT2D eigenvalue weighted by atomic mass is 16.7. The summed E-state index contributed by atoms with van der Waals surface area (Å²) in [7, 11) is 0. The van der Waals surface area contributed by atoms with E-state index in [1.165, 1.54) is 44.9 Å². The molecule has 2 heterocycles. The Labute approximate surface area is 437 Å². The van der Waals surface area contributed by atoms with Gasteiger partial charge in [0.25, 0.3) is 0 Å². The molecule has 11 unspecified atom stereocenters. The van der Waals surface area contributed by atoms with Gasteiger partial charge in [0.15, 0.2) is 18.7 Å². The van der Waals surface area contributed by atoms with Crippen molar-refractivity contribution in [2.75, 3.05) is 26.4 Å². The Balaban J connectivity index is 1.80. The highest BCUT2D eigenvalue weighted by Crippen LogP contribution is 2.26. The molecule has 15 heteroatoms. The van der Waals surface area contributed by atoms with Crippen molar-refractivity contribution in [2.45, 2.75) is 242 Å². The largest absolute Gasteiger partial charge is 0.462 e. The van der Waals surface area contributed by atoms with E-state index in [-0.39, 0.29) is 19.4 Å². The molecule has 0 bridgehead atoms. The van der Waals surface area contributed by atoms with Crippen LogP contribution in [0.15, 0.2) is 85.1 Å². The average Bonchev–Trinajstić information content (AvgIpc) is 3.38. The van der Waals surface area contributed by atoms with E-state index in [2.05, 4.69) is 98.9 Å². The summed E-state index contributed by atoms with van der Waals surface area (Å²) in [4.78, 5) is 25.8. The van der Waals surface area contributed by atoms with Crippen LogP contribution in [0.4, 0.5) is 0 Å². The molecule has 2 fully saturated rings. The van der Waals surface area contributed by atoms with Gasteiger partial charge < -0.3 is 64.2 Å². The molecule has 0 aromatic heterocycles. The van der Waals surface area contributed by atoms with Gasteiger partial charge in [-0.05, 0) is 89.9 Å². The van der Waals surface area contributed by atoms with Crippen LogP contribution in [0, 0.1) is 0 Å². The van der Waals surface area contributed by atoms with Gasteiger partial charge in [-0.3, -0.25) is 9.59 Å². The molecule has 0 radical (unpaired) electrons. The van der Waals surface area contributed by atoms with E-state index in [4.69, 9.17) is 28.4 Å². The Morgan fingerprint density at radius 1 is 0.452 bits per heavy atom. The second kappa shape index (κ2) is 43.9. The maximum absolute atomic E-state index is 13.0. The number of aliphatic hydroxyl groups excluding tert-OH is 7. The summed E-state index contributed by atoms with van der Waals surface area (Å²) < 4.78 is 33.6. The van der Waals surface area contributed by atoms with Gasteiger partial charge in [0.2, 0.25) is 0 Å². The van der Waals surface area contributed by atoms with E-state index in [1.54, 1.807) is 0 Å². The summed E-state index contributed by atoms with van der Waals surface area (Å²) in [5.74, 6) is -0.977. The van der Waals surface area contributed by atoms with Gasteiger partial charge in [-0.25, -0.2) is 0 Å². The number of rotatable bonds is 42. The number of carbonyl (C=O) groups excluding carboxylic acids is 2. The second-order valence-electron chi connectivity index (χ2n) is 19.0. The minimum atomic E-state index is -1.78. The predicted octanol–water partition coefficient (Wildman–Crippen LogP) is 8.77. The van der Waals surface area contributed by atoms with E-state index < -0.39 is 99.3 Å². The summed E-state index contributed by atoms with van der Waals surface area (Å²) in [6.45, 7) is 2.41. The van der Waals surface area contributed by atoms with E-state index in [0.717, 1.165) is 89.9 Å². The Kier molecular flexibility index (Phi) is 39.5. The molecule has 0 aromatic rings. The summed E-state index contributed by atoms with van der Waals surface area (Å²) in [6, 6.07) is 0. The monoisotopic (exact) mass is 1030 g/mol. The number of ether oxygens (including phenoxy) is 6. The maximum atomic E-state index is 13.0. The number of esters is 2. The van der Waals surface area contributed by atoms with Crippen molar-refractivity contribution in [2.24, 2.45) is 0 Å². The Hall–Kier alpha value is -3.32. The number of allylic oxidation sites excluding steroid dienone is 14. The average molecular weight is 1030 g/mol. The molecular formula is C58H96O15. The molecule has 0 spiro atoms.